The minimum absolute atomic E-state index is 0.994. The summed E-state index contributed by atoms with van der Waals surface area (Å²) < 4.78 is 11.1. The van der Waals surface area contributed by atoms with E-state index < -0.39 is 8.56 Å². The second kappa shape index (κ2) is 4.39. The first-order valence-electron chi connectivity index (χ1n) is 4.86. The maximum absolute atomic E-state index is 5.53. The Bertz CT molecular complexity index is 122. The van der Waals surface area contributed by atoms with Crippen LogP contribution in [0.4, 0.5) is 0 Å². The second-order valence-electron chi connectivity index (χ2n) is 3.65. The van der Waals surface area contributed by atoms with Crippen LogP contribution in [0.3, 0.4) is 0 Å². The fourth-order valence-electron chi connectivity index (χ4n) is 1.58. The highest BCUT2D eigenvalue weighted by Gasteiger charge is 2.35. The van der Waals surface area contributed by atoms with E-state index in [4.69, 9.17) is 8.85 Å². The molecule has 1 rings (SSSR count). The minimum atomic E-state index is -1.74. The van der Waals surface area contributed by atoms with Crippen LogP contribution >= 0.6 is 0 Å². The van der Waals surface area contributed by atoms with Gasteiger partial charge < -0.3 is 8.85 Å². The molecule has 0 bridgehead atoms. The van der Waals surface area contributed by atoms with E-state index in [1.165, 1.54) is 25.3 Å². The molecule has 0 aliphatic heterocycles. The topological polar surface area (TPSA) is 18.5 Å². The van der Waals surface area contributed by atoms with Crippen LogP contribution in [-0.2, 0) is 8.85 Å². The van der Waals surface area contributed by atoms with Gasteiger partial charge in [-0.1, -0.05) is 19.8 Å². The van der Waals surface area contributed by atoms with Gasteiger partial charge in [0.25, 0.3) is 0 Å². The molecule has 0 unspecified atom stereocenters. The van der Waals surface area contributed by atoms with Crippen LogP contribution in [-0.4, -0.2) is 22.8 Å². The molecule has 0 amide bonds. The first kappa shape index (κ1) is 10.2. The lowest BCUT2D eigenvalue weighted by Crippen LogP contribution is -2.39. The normalized spacial score (nSPS) is 18.2. The lowest BCUT2D eigenvalue weighted by atomic mass is 10.3. The molecule has 2 nitrogen and oxygen atoms in total. The van der Waals surface area contributed by atoms with Crippen molar-refractivity contribution in [2.45, 2.75) is 38.3 Å². The second-order valence-corrected chi connectivity index (χ2v) is 7.50. The van der Waals surface area contributed by atoms with Crippen LogP contribution in [0.5, 0.6) is 0 Å². The zero-order valence-electron chi connectivity index (χ0n) is 8.43. The van der Waals surface area contributed by atoms with Crippen LogP contribution in [0.2, 0.25) is 12.1 Å². The van der Waals surface area contributed by atoms with Crippen molar-refractivity contribution < 1.29 is 8.85 Å². The molecule has 0 N–H and O–H groups in total. The third-order valence-corrected chi connectivity index (χ3v) is 6.53. The minimum Gasteiger partial charge on any atom is -0.398 e. The van der Waals surface area contributed by atoms with E-state index in [-0.39, 0.29) is 0 Å². The van der Waals surface area contributed by atoms with Gasteiger partial charge in [-0.25, -0.2) is 0 Å². The van der Waals surface area contributed by atoms with Crippen molar-refractivity contribution in [1.82, 2.24) is 0 Å². The molecule has 0 radical (unpaired) electrons. The van der Waals surface area contributed by atoms with Crippen molar-refractivity contribution in [2.75, 3.05) is 14.2 Å². The average Bonchev–Trinajstić information content (AvgIpc) is 2.92. The summed E-state index contributed by atoms with van der Waals surface area (Å²) in [4.78, 5) is 0. The van der Waals surface area contributed by atoms with Gasteiger partial charge in [0.05, 0.1) is 0 Å². The Morgan fingerprint density at radius 1 is 1.25 bits per heavy atom. The number of hydrogen-bond acceptors (Lipinski definition) is 2. The maximum Gasteiger partial charge on any atom is 0.337 e. The molecule has 0 spiro atoms. The van der Waals surface area contributed by atoms with Gasteiger partial charge in [-0.2, -0.15) is 0 Å². The van der Waals surface area contributed by atoms with E-state index in [2.05, 4.69) is 6.92 Å². The standard InChI is InChI=1S/C9H20O2Si/c1-4-12(10-2,11-3)8-7-9-5-6-9/h9H,4-8H2,1-3H3. The molecule has 0 aromatic carbocycles. The fourth-order valence-corrected chi connectivity index (χ4v) is 3.94. The summed E-state index contributed by atoms with van der Waals surface area (Å²) in [5, 5.41) is 0. The first-order valence-corrected chi connectivity index (χ1v) is 7.09. The molecule has 1 aliphatic carbocycles. The highest BCUT2D eigenvalue weighted by Crippen LogP contribution is 2.36. The highest BCUT2D eigenvalue weighted by molar-refractivity contribution is 6.67. The van der Waals surface area contributed by atoms with E-state index in [9.17, 15) is 0 Å². The van der Waals surface area contributed by atoms with Gasteiger partial charge in [0.2, 0.25) is 0 Å². The van der Waals surface area contributed by atoms with Crippen molar-refractivity contribution >= 4 is 8.56 Å². The SMILES string of the molecule is CC[Si](CCC1CC1)(OC)OC. The van der Waals surface area contributed by atoms with E-state index >= 15 is 0 Å². The van der Waals surface area contributed by atoms with Crippen LogP contribution in [0, 0.1) is 5.92 Å². The van der Waals surface area contributed by atoms with Crippen molar-refractivity contribution in [3.8, 4) is 0 Å². The Morgan fingerprint density at radius 2 is 1.83 bits per heavy atom. The van der Waals surface area contributed by atoms with Gasteiger partial charge >= 0.3 is 8.56 Å². The molecule has 12 heavy (non-hydrogen) atoms. The molecule has 1 saturated carbocycles. The van der Waals surface area contributed by atoms with Crippen molar-refractivity contribution in [1.29, 1.82) is 0 Å². The molecule has 0 heterocycles. The Kier molecular flexibility index (Phi) is 3.74. The van der Waals surface area contributed by atoms with E-state index in [1.54, 1.807) is 14.2 Å². The molecule has 0 saturated heterocycles. The summed E-state index contributed by atoms with van der Waals surface area (Å²) in [5.74, 6) is 0.994. The largest absolute Gasteiger partial charge is 0.398 e. The molecular weight excluding hydrogens is 168 g/mol. The summed E-state index contributed by atoms with van der Waals surface area (Å²) in [5.41, 5.74) is 0. The van der Waals surface area contributed by atoms with Crippen LogP contribution in [0.1, 0.15) is 26.2 Å². The van der Waals surface area contributed by atoms with Crippen LogP contribution in [0.15, 0.2) is 0 Å². The third kappa shape index (κ3) is 2.57. The molecule has 0 atom stereocenters. The van der Waals surface area contributed by atoms with E-state index in [1.807, 2.05) is 0 Å². The van der Waals surface area contributed by atoms with Crippen molar-refractivity contribution in [3.05, 3.63) is 0 Å². The van der Waals surface area contributed by atoms with Gasteiger partial charge in [0.15, 0.2) is 0 Å². The predicted molar refractivity (Wildman–Crippen MR) is 52.4 cm³/mol. The smallest absolute Gasteiger partial charge is 0.337 e. The summed E-state index contributed by atoms with van der Waals surface area (Å²) in [6.07, 6.45) is 4.19. The molecule has 1 aliphatic rings. The zero-order chi connectivity index (χ0) is 9.03. The van der Waals surface area contributed by atoms with Crippen molar-refractivity contribution in [3.63, 3.8) is 0 Å². The average molecular weight is 188 g/mol. The monoisotopic (exact) mass is 188 g/mol. The van der Waals surface area contributed by atoms with E-state index in [0.717, 1.165) is 12.0 Å². The maximum atomic E-state index is 5.53. The van der Waals surface area contributed by atoms with Crippen LogP contribution in [0.25, 0.3) is 0 Å². The summed E-state index contributed by atoms with van der Waals surface area (Å²) in [6.45, 7) is 2.17. The van der Waals surface area contributed by atoms with Crippen molar-refractivity contribution in [2.24, 2.45) is 5.92 Å². The first-order chi connectivity index (χ1) is 5.76. The predicted octanol–water partition coefficient (Wildman–Crippen LogP) is 2.54. The third-order valence-electron chi connectivity index (χ3n) is 2.91. The van der Waals surface area contributed by atoms with Gasteiger partial charge in [-0.3, -0.25) is 0 Å². The molecule has 3 heteroatoms. The number of hydrogen-bond donors (Lipinski definition) is 0. The molecule has 72 valence electrons. The van der Waals surface area contributed by atoms with Gasteiger partial charge in [0, 0.05) is 14.2 Å². The fraction of sp³-hybridized carbons (Fsp3) is 1.00. The van der Waals surface area contributed by atoms with Gasteiger partial charge in [0.1, 0.15) is 0 Å². The molecule has 1 fully saturated rings. The summed E-state index contributed by atoms with van der Waals surface area (Å²) >= 11 is 0. The number of rotatable bonds is 6. The molecular formula is C9H20O2Si. The quantitative estimate of drug-likeness (QED) is 0.596. The zero-order valence-corrected chi connectivity index (χ0v) is 9.43. The summed E-state index contributed by atoms with van der Waals surface area (Å²) in [7, 11) is 1.86. The highest BCUT2D eigenvalue weighted by atomic mass is 28.4. The Balaban J connectivity index is 2.28. The Hall–Kier alpha value is 0.137. The van der Waals surface area contributed by atoms with E-state index in [0.29, 0.717) is 0 Å². The molecule has 0 aromatic heterocycles. The lowest BCUT2D eigenvalue weighted by molar-refractivity contribution is 0.241. The van der Waals surface area contributed by atoms with Gasteiger partial charge in [-0.05, 0) is 24.4 Å². The molecule has 0 aromatic rings. The summed E-state index contributed by atoms with van der Waals surface area (Å²) in [6, 6.07) is 2.26. The van der Waals surface area contributed by atoms with Crippen LogP contribution < -0.4 is 0 Å². The lowest BCUT2D eigenvalue weighted by Gasteiger charge is -2.25. The van der Waals surface area contributed by atoms with Gasteiger partial charge in [-0.15, -0.1) is 0 Å². The Labute approximate surface area is 76.5 Å². The Morgan fingerprint density at radius 3 is 2.17 bits per heavy atom.